The van der Waals surface area contributed by atoms with Crippen LogP contribution >= 0.6 is 0 Å². The highest BCUT2D eigenvalue weighted by Gasteiger charge is 2.30. The fraction of sp³-hybridized carbons (Fsp3) is 0.345. The van der Waals surface area contributed by atoms with Crippen LogP contribution in [0.5, 0.6) is 0 Å². The Morgan fingerprint density at radius 3 is 2.67 bits per heavy atom. The second-order valence-corrected chi connectivity index (χ2v) is 10.1. The second-order valence-electron chi connectivity index (χ2n) is 10.1. The first-order chi connectivity index (χ1) is 19.1. The minimum atomic E-state index is -4.43. The van der Waals surface area contributed by atoms with E-state index in [0.29, 0.717) is 29.8 Å². The van der Waals surface area contributed by atoms with Crippen LogP contribution in [-0.2, 0) is 17.5 Å². The van der Waals surface area contributed by atoms with E-state index < -0.39 is 23.7 Å². The van der Waals surface area contributed by atoms with Gasteiger partial charge >= 0.3 is 6.18 Å². The van der Waals surface area contributed by atoms with E-state index in [-0.39, 0.29) is 36.8 Å². The van der Waals surface area contributed by atoms with E-state index in [1.165, 1.54) is 6.07 Å². The maximum Gasteiger partial charge on any atom is 0.416 e. The van der Waals surface area contributed by atoms with Gasteiger partial charge in [-0.05, 0) is 53.8 Å². The number of aliphatic hydroxyl groups excluding tert-OH is 1. The first kappa shape index (κ1) is 27.7. The van der Waals surface area contributed by atoms with Gasteiger partial charge in [-0.15, -0.1) is 0 Å². The first-order valence-corrected chi connectivity index (χ1v) is 13.0. The Morgan fingerprint density at radius 2 is 1.93 bits per heavy atom. The Kier molecular flexibility index (Phi) is 7.86. The van der Waals surface area contributed by atoms with E-state index >= 15 is 0 Å². The van der Waals surface area contributed by atoms with Crippen LogP contribution in [0, 0.1) is 5.82 Å². The topological polar surface area (TPSA) is 92.2 Å². The van der Waals surface area contributed by atoms with Gasteiger partial charge in [-0.25, -0.2) is 14.4 Å². The van der Waals surface area contributed by atoms with E-state index in [4.69, 9.17) is 4.74 Å². The average Bonchev–Trinajstić information content (AvgIpc) is 2.93. The molecule has 1 saturated heterocycles. The summed E-state index contributed by atoms with van der Waals surface area (Å²) in [6.07, 6.45) is -1.79. The fourth-order valence-electron chi connectivity index (χ4n) is 4.92. The van der Waals surface area contributed by atoms with Crippen LogP contribution in [-0.4, -0.2) is 45.4 Å². The van der Waals surface area contributed by atoms with Crippen molar-refractivity contribution in [1.29, 1.82) is 0 Å². The van der Waals surface area contributed by atoms with Crippen LogP contribution in [0.25, 0.3) is 22.2 Å². The standard InChI is InChI=1S/C29H29F4N5O2/c1-16(2)26-18(12-34-20-5-3-4-19(11-20)29(31,32)33)13-35-23-7-6-17(10-21(23)26)27-22(30)14-36-28(38-27)37-24-8-9-40-15-25(24)39/h3-7,10-11,13-14,16,24-25,34,39H,8-9,12,15H2,1-2H3,(H,36,37,38)/t24-,25-/m1/s1. The normalized spacial score (nSPS) is 17.8. The van der Waals surface area contributed by atoms with Crippen molar-refractivity contribution in [3.8, 4) is 11.3 Å². The number of aliphatic hydroxyl groups is 1. The summed E-state index contributed by atoms with van der Waals surface area (Å²) >= 11 is 0. The summed E-state index contributed by atoms with van der Waals surface area (Å²) in [7, 11) is 0. The van der Waals surface area contributed by atoms with Crippen LogP contribution in [0.2, 0.25) is 0 Å². The van der Waals surface area contributed by atoms with Gasteiger partial charge in [0.1, 0.15) is 5.69 Å². The first-order valence-electron chi connectivity index (χ1n) is 13.0. The maximum absolute atomic E-state index is 14.9. The number of rotatable bonds is 7. The fourth-order valence-corrected chi connectivity index (χ4v) is 4.92. The van der Waals surface area contributed by atoms with Crippen LogP contribution in [0.15, 0.2) is 54.9 Å². The Labute approximate surface area is 228 Å². The van der Waals surface area contributed by atoms with Crippen molar-refractivity contribution >= 4 is 22.5 Å². The van der Waals surface area contributed by atoms with Crippen molar-refractivity contribution in [2.45, 2.75) is 51.1 Å². The molecule has 5 rings (SSSR count). The SMILES string of the molecule is CC(C)c1c(CNc2cccc(C(F)(F)F)c2)cnc2ccc(-c3nc(N[C@@H]4CCOC[C@H]4O)ncc3F)cc12. The van der Waals surface area contributed by atoms with Crippen LogP contribution in [0.1, 0.15) is 42.9 Å². The Bertz CT molecular complexity index is 1510. The van der Waals surface area contributed by atoms with Crippen LogP contribution < -0.4 is 10.6 Å². The number of hydrogen-bond acceptors (Lipinski definition) is 7. The number of halogens is 4. The molecule has 7 nitrogen and oxygen atoms in total. The summed E-state index contributed by atoms with van der Waals surface area (Å²) in [6.45, 7) is 4.98. The monoisotopic (exact) mass is 555 g/mol. The molecule has 3 heterocycles. The van der Waals surface area contributed by atoms with Crippen molar-refractivity contribution in [3.63, 3.8) is 0 Å². The third kappa shape index (κ3) is 6.00. The average molecular weight is 556 g/mol. The third-order valence-electron chi connectivity index (χ3n) is 6.90. The molecule has 3 N–H and O–H groups in total. The molecule has 40 heavy (non-hydrogen) atoms. The maximum atomic E-state index is 14.9. The summed E-state index contributed by atoms with van der Waals surface area (Å²) in [4.78, 5) is 13.0. The molecule has 2 atom stereocenters. The van der Waals surface area contributed by atoms with Crippen molar-refractivity contribution in [1.82, 2.24) is 15.0 Å². The number of aromatic nitrogens is 3. The number of anilines is 2. The van der Waals surface area contributed by atoms with Crippen molar-refractivity contribution in [3.05, 3.63) is 77.4 Å². The Balaban J connectivity index is 1.47. The minimum absolute atomic E-state index is 0.0431. The molecular weight excluding hydrogens is 526 g/mol. The molecule has 11 heteroatoms. The zero-order valence-electron chi connectivity index (χ0n) is 22.0. The molecule has 0 radical (unpaired) electrons. The number of nitrogens with one attached hydrogen (secondary N) is 2. The van der Waals surface area contributed by atoms with Crippen LogP contribution in [0.3, 0.4) is 0 Å². The zero-order chi connectivity index (χ0) is 28.4. The summed E-state index contributed by atoms with van der Waals surface area (Å²) in [5.41, 5.74) is 2.71. The lowest BCUT2D eigenvalue weighted by Gasteiger charge is -2.28. The highest BCUT2D eigenvalue weighted by atomic mass is 19.4. The minimum Gasteiger partial charge on any atom is -0.389 e. The lowest BCUT2D eigenvalue weighted by atomic mass is 9.92. The number of hydrogen-bond donors (Lipinski definition) is 3. The predicted molar refractivity (Wildman–Crippen MR) is 144 cm³/mol. The quantitative estimate of drug-likeness (QED) is 0.236. The van der Waals surface area contributed by atoms with Crippen molar-refractivity contribution in [2.24, 2.45) is 0 Å². The van der Waals surface area contributed by atoms with Gasteiger partial charge < -0.3 is 20.5 Å². The van der Waals surface area contributed by atoms with E-state index in [2.05, 4.69) is 25.6 Å². The number of fused-ring (bicyclic) bond motifs is 1. The number of alkyl halides is 3. The highest BCUT2D eigenvalue weighted by molar-refractivity contribution is 5.88. The van der Waals surface area contributed by atoms with Crippen LogP contribution in [0.4, 0.5) is 29.2 Å². The molecule has 210 valence electrons. The molecule has 4 aromatic rings. The molecule has 1 aliphatic rings. The number of benzene rings is 2. The largest absolute Gasteiger partial charge is 0.416 e. The van der Waals surface area contributed by atoms with Crippen molar-refractivity contribution < 1.29 is 27.4 Å². The number of ether oxygens (including phenoxy) is 1. The third-order valence-corrected chi connectivity index (χ3v) is 6.90. The molecule has 2 aromatic heterocycles. The number of pyridine rings is 1. The molecule has 0 unspecified atom stereocenters. The molecule has 0 amide bonds. The van der Waals surface area contributed by atoms with Gasteiger partial charge in [0, 0.05) is 36.0 Å². The van der Waals surface area contributed by atoms with E-state index in [0.717, 1.165) is 34.8 Å². The molecule has 2 aromatic carbocycles. The van der Waals surface area contributed by atoms with Gasteiger partial charge in [0.2, 0.25) is 5.95 Å². The van der Waals surface area contributed by atoms with Crippen molar-refractivity contribution in [2.75, 3.05) is 23.8 Å². The van der Waals surface area contributed by atoms with E-state index in [9.17, 15) is 22.7 Å². The molecule has 1 aliphatic heterocycles. The van der Waals surface area contributed by atoms with Gasteiger partial charge in [-0.1, -0.05) is 26.0 Å². The molecule has 0 spiro atoms. The molecule has 0 aliphatic carbocycles. The predicted octanol–water partition coefficient (Wildman–Crippen LogP) is 6.15. The van der Waals surface area contributed by atoms with Gasteiger partial charge in [-0.3, -0.25) is 4.98 Å². The molecule has 1 fully saturated rings. The second kappa shape index (κ2) is 11.3. The van der Waals surface area contributed by atoms with E-state index in [1.54, 1.807) is 24.4 Å². The lowest BCUT2D eigenvalue weighted by molar-refractivity contribution is -0.137. The summed E-state index contributed by atoms with van der Waals surface area (Å²) in [5.74, 6) is -0.357. The Hall–Kier alpha value is -3.83. The smallest absolute Gasteiger partial charge is 0.389 e. The molecular formula is C29H29F4N5O2. The van der Waals surface area contributed by atoms with Gasteiger partial charge in [0.25, 0.3) is 0 Å². The zero-order valence-corrected chi connectivity index (χ0v) is 22.0. The Morgan fingerprint density at radius 1 is 1.10 bits per heavy atom. The summed E-state index contributed by atoms with van der Waals surface area (Å²) in [6, 6.07) is 10.1. The molecule has 0 saturated carbocycles. The van der Waals surface area contributed by atoms with E-state index in [1.807, 2.05) is 19.9 Å². The molecule has 0 bridgehead atoms. The van der Waals surface area contributed by atoms with Gasteiger partial charge in [-0.2, -0.15) is 13.2 Å². The summed E-state index contributed by atoms with van der Waals surface area (Å²) in [5, 5.41) is 17.1. The van der Waals surface area contributed by atoms with Gasteiger partial charge in [0.05, 0.1) is 36.0 Å². The lowest BCUT2D eigenvalue weighted by Crippen LogP contribution is -2.42. The van der Waals surface area contributed by atoms with Gasteiger partial charge in [0.15, 0.2) is 5.82 Å². The number of nitrogens with zero attached hydrogens (tertiary/aromatic N) is 3. The summed E-state index contributed by atoms with van der Waals surface area (Å²) < 4.78 is 59.6. The highest BCUT2D eigenvalue weighted by Crippen LogP contribution is 2.34.